The zero-order valence-corrected chi connectivity index (χ0v) is 20.0. The SMILES string of the molecule is CCOc1ccccc1-c1cccc(N2CC(N3CCN(C(=O)c4nccs4)CC3)CC2=O)c1. The van der Waals surface area contributed by atoms with Crippen molar-refractivity contribution in [3.05, 3.63) is 65.1 Å². The second-order valence-electron chi connectivity index (χ2n) is 8.51. The van der Waals surface area contributed by atoms with E-state index in [0.717, 1.165) is 35.7 Å². The molecule has 2 saturated heterocycles. The summed E-state index contributed by atoms with van der Waals surface area (Å²) in [6, 6.07) is 16.3. The van der Waals surface area contributed by atoms with Crippen LogP contribution < -0.4 is 9.64 Å². The van der Waals surface area contributed by atoms with Crippen LogP contribution in [0.1, 0.15) is 23.1 Å². The maximum atomic E-state index is 13.0. The van der Waals surface area contributed by atoms with Crippen LogP contribution in [0.15, 0.2) is 60.1 Å². The highest BCUT2D eigenvalue weighted by Crippen LogP contribution is 2.33. The summed E-state index contributed by atoms with van der Waals surface area (Å²) in [6.07, 6.45) is 2.16. The minimum atomic E-state index is 0.00271. The van der Waals surface area contributed by atoms with Crippen LogP contribution in [0.3, 0.4) is 0 Å². The number of hydrogen-bond donors (Lipinski definition) is 0. The summed E-state index contributed by atoms with van der Waals surface area (Å²) in [5, 5.41) is 2.37. The monoisotopic (exact) mass is 476 g/mol. The molecule has 8 heteroatoms. The van der Waals surface area contributed by atoms with E-state index in [1.54, 1.807) is 6.20 Å². The molecule has 2 aliphatic heterocycles. The first-order valence-electron chi connectivity index (χ1n) is 11.7. The maximum Gasteiger partial charge on any atom is 0.282 e. The van der Waals surface area contributed by atoms with Crippen LogP contribution in [0.5, 0.6) is 5.75 Å². The Labute approximate surface area is 203 Å². The third kappa shape index (κ3) is 4.56. The summed E-state index contributed by atoms with van der Waals surface area (Å²) in [5.74, 6) is 0.988. The van der Waals surface area contributed by atoms with Crippen molar-refractivity contribution in [1.82, 2.24) is 14.8 Å². The van der Waals surface area contributed by atoms with E-state index < -0.39 is 0 Å². The van der Waals surface area contributed by atoms with Gasteiger partial charge in [0.05, 0.1) is 6.61 Å². The van der Waals surface area contributed by atoms with Crippen molar-refractivity contribution in [2.75, 3.05) is 44.2 Å². The number of benzene rings is 2. The Balaban J connectivity index is 1.26. The van der Waals surface area contributed by atoms with Crippen LogP contribution in [0.2, 0.25) is 0 Å². The van der Waals surface area contributed by atoms with Gasteiger partial charge in [-0.3, -0.25) is 14.5 Å². The number of amides is 2. The second kappa shape index (κ2) is 9.95. The molecular formula is C26H28N4O3S. The van der Waals surface area contributed by atoms with Crippen LogP contribution in [-0.2, 0) is 4.79 Å². The Bertz CT molecular complexity index is 1160. The lowest BCUT2D eigenvalue weighted by Crippen LogP contribution is -2.52. The number of anilines is 1. The van der Waals surface area contributed by atoms with Crippen molar-refractivity contribution in [2.24, 2.45) is 0 Å². The number of thiazole rings is 1. The molecule has 0 N–H and O–H groups in total. The van der Waals surface area contributed by atoms with Gasteiger partial charge in [-0.15, -0.1) is 11.3 Å². The van der Waals surface area contributed by atoms with E-state index in [9.17, 15) is 9.59 Å². The highest BCUT2D eigenvalue weighted by molar-refractivity contribution is 7.11. The zero-order chi connectivity index (χ0) is 23.5. The fraction of sp³-hybridized carbons (Fsp3) is 0.346. The van der Waals surface area contributed by atoms with Crippen molar-refractivity contribution in [2.45, 2.75) is 19.4 Å². The second-order valence-corrected chi connectivity index (χ2v) is 9.40. The number of ether oxygens (including phenoxy) is 1. The summed E-state index contributed by atoms with van der Waals surface area (Å²) in [5.41, 5.74) is 2.97. The fourth-order valence-electron chi connectivity index (χ4n) is 4.77. The fourth-order valence-corrected chi connectivity index (χ4v) is 5.37. The molecule has 1 unspecified atom stereocenters. The number of para-hydroxylation sites is 1. The molecule has 3 heterocycles. The van der Waals surface area contributed by atoms with Crippen LogP contribution in [0.4, 0.5) is 5.69 Å². The quantitative estimate of drug-likeness (QED) is 0.542. The molecule has 0 spiro atoms. The molecule has 0 aliphatic carbocycles. The lowest BCUT2D eigenvalue weighted by molar-refractivity contribution is -0.117. The van der Waals surface area contributed by atoms with Crippen molar-refractivity contribution < 1.29 is 14.3 Å². The molecule has 0 saturated carbocycles. The van der Waals surface area contributed by atoms with E-state index in [2.05, 4.69) is 22.0 Å². The first-order chi connectivity index (χ1) is 16.6. The topological polar surface area (TPSA) is 66.0 Å². The molecule has 2 aliphatic rings. The van der Waals surface area contributed by atoms with E-state index >= 15 is 0 Å². The zero-order valence-electron chi connectivity index (χ0n) is 19.2. The molecular weight excluding hydrogens is 448 g/mol. The number of piperazine rings is 1. The maximum absolute atomic E-state index is 13.0. The largest absolute Gasteiger partial charge is 0.493 e. The van der Waals surface area contributed by atoms with Crippen LogP contribution in [-0.4, -0.2) is 72.0 Å². The molecule has 0 bridgehead atoms. The Morgan fingerprint density at radius 3 is 2.71 bits per heavy atom. The molecule has 5 rings (SSSR count). The average Bonchev–Trinajstić information content (AvgIpc) is 3.55. The summed E-state index contributed by atoms with van der Waals surface area (Å²) in [4.78, 5) is 35.8. The smallest absolute Gasteiger partial charge is 0.282 e. The highest BCUT2D eigenvalue weighted by Gasteiger charge is 2.36. The number of aromatic nitrogens is 1. The third-order valence-electron chi connectivity index (χ3n) is 6.49. The third-order valence-corrected chi connectivity index (χ3v) is 7.25. The lowest BCUT2D eigenvalue weighted by Gasteiger charge is -2.37. The predicted molar refractivity (Wildman–Crippen MR) is 133 cm³/mol. The minimum Gasteiger partial charge on any atom is -0.493 e. The summed E-state index contributed by atoms with van der Waals surface area (Å²) < 4.78 is 5.80. The normalized spacial score (nSPS) is 19.0. The number of carbonyl (C=O) groups is 2. The van der Waals surface area contributed by atoms with E-state index in [1.165, 1.54) is 11.3 Å². The number of hydrogen-bond acceptors (Lipinski definition) is 6. The standard InChI is InChI=1S/C26H28N4O3S/c1-2-33-23-9-4-3-8-22(23)19-6-5-7-20(16-19)30-18-21(17-24(30)31)28-11-13-29(14-12-28)26(32)25-27-10-15-34-25/h3-10,15-16,21H,2,11-14,17-18H2,1H3. The average molecular weight is 477 g/mol. The first-order valence-corrected chi connectivity index (χ1v) is 12.6. The minimum absolute atomic E-state index is 0.00271. The van der Waals surface area contributed by atoms with Gasteiger partial charge in [0, 0.05) is 68.0 Å². The highest BCUT2D eigenvalue weighted by atomic mass is 32.1. The predicted octanol–water partition coefficient (Wildman–Crippen LogP) is 3.77. The van der Waals surface area contributed by atoms with Crippen LogP contribution >= 0.6 is 11.3 Å². The van der Waals surface area contributed by atoms with Crippen molar-refractivity contribution in [3.63, 3.8) is 0 Å². The molecule has 2 fully saturated rings. The van der Waals surface area contributed by atoms with Gasteiger partial charge in [0.25, 0.3) is 5.91 Å². The van der Waals surface area contributed by atoms with E-state index in [-0.39, 0.29) is 17.9 Å². The van der Waals surface area contributed by atoms with E-state index in [4.69, 9.17) is 4.74 Å². The number of carbonyl (C=O) groups excluding carboxylic acids is 2. The van der Waals surface area contributed by atoms with Gasteiger partial charge in [0.2, 0.25) is 5.91 Å². The Kier molecular flexibility index (Phi) is 6.60. The Morgan fingerprint density at radius 1 is 1.12 bits per heavy atom. The van der Waals surface area contributed by atoms with E-state index in [0.29, 0.717) is 37.7 Å². The molecule has 176 valence electrons. The van der Waals surface area contributed by atoms with Gasteiger partial charge in [-0.2, -0.15) is 0 Å². The van der Waals surface area contributed by atoms with Gasteiger partial charge in [-0.25, -0.2) is 4.98 Å². The van der Waals surface area contributed by atoms with Crippen LogP contribution in [0.25, 0.3) is 11.1 Å². The van der Waals surface area contributed by atoms with Crippen molar-refractivity contribution in [1.29, 1.82) is 0 Å². The van der Waals surface area contributed by atoms with Crippen molar-refractivity contribution >= 4 is 28.8 Å². The summed E-state index contributed by atoms with van der Waals surface area (Å²) in [6.45, 7) is 6.10. The Morgan fingerprint density at radius 2 is 1.94 bits per heavy atom. The lowest BCUT2D eigenvalue weighted by atomic mass is 10.0. The number of rotatable bonds is 6. The molecule has 2 amide bonds. The van der Waals surface area contributed by atoms with Crippen molar-refractivity contribution in [3.8, 4) is 16.9 Å². The first kappa shape index (κ1) is 22.6. The van der Waals surface area contributed by atoms with Gasteiger partial charge >= 0.3 is 0 Å². The molecule has 3 aromatic rings. The van der Waals surface area contributed by atoms with Gasteiger partial charge in [0.1, 0.15) is 5.75 Å². The van der Waals surface area contributed by atoms with Crippen LogP contribution in [0, 0.1) is 0 Å². The molecule has 0 radical (unpaired) electrons. The molecule has 7 nitrogen and oxygen atoms in total. The van der Waals surface area contributed by atoms with Gasteiger partial charge in [0.15, 0.2) is 5.01 Å². The van der Waals surface area contributed by atoms with Gasteiger partial charge in [-0.05, 0) is 30.7 Å². The summed E-state index contributed by atoms with van der Waals surface area (Å²) in [7, 11) is 0. The molecule has 1 atom stereocenters. The molecule has 34 heavy (non-hydrogen) atoms. The number of nitrogens with zero attached hydrogens (tertiary/aromatic N) is 4. The van der Waals surface area contributed by atoms with Gasteiger partial charge < -0.3 is 14.5 Å². The van der Waals surface area contributed by atoms with Gasteiger partial charge in [-0.1, -0.05) is 30.3 Å². The van der Waals surface area contributed by atoms with E-state index in [1.807, 2.05) is 58.5 Å². The molecule has 1 aromatic heterocycles. The Hall–Kier alpha value is -3.23. The summed E-state index contributed by atoms with van der Waals surface area (Å²) >= 11 is 1.38. The molecule has 2 aromatic carbocycles.